The lowest BCUT2D eigenvalue weighted by molar-refractivity contribution is -0.333. The first kappa shape index (κ1) is 56.0. The molecule has 28 heteroatoms. The summed E-state index contributed by atoms with van der Waals surface area (Å²) in [6.07, 6.45) is -16.4. The second-order valence-electron chi connectivity index (χ2n) is 15.5. The molecule has 28 nitrogen and oxygen atoms in total. The molecule has 16 unspecified atom stereocenters. The molecule has 0 aliphatic carbocycles. The number of aliphatic hydroxyl groups excluding tert-OH is 5. The molecule has 0 radical (unpaired) electrons. The summed E-state index contributed by atoms with van der Waals surface area (Å²) in [7, 11) is 0. The van der Waals surface area contributed by atoms with Crippen LogP contribution in [0.1, 0.15) is 66.7 Å². The summed E-state index contributed by atoms with van der Waals surface area (Å²) >= 11 is 0. The van der Waals surface area contributed by atoms with Crippen LogP contribution in [0.25, 0.3) is 0 Å². The van der Waals surface area contributed by atoms with Gasteiger partial charge in [0.1, 0.15) is 85.0 Å². The van der Waals surface area contributed by atoms with Gasteiger partial charge < -0.3 is 97.4 Å². The predicted molar refractivity (Wildman–Crippen MR) is 213 cm³/mol. The zero-order valence-corrected chi connectivity index (χ0v) is 36.1. The molecule has 0 aromatic carbocycles. The standard InChI is InChI=1S/C37H61N7O21/c1-13(30(52)44-20(35(59)60)9-10-23(49)43-19(8-6-7-18(38)34(57)58)32(54)40-14(2)33(55)56)39-31(53)15(3)62-29-25(42-17(5)48)36(61)63-22(12-46)28(29)65-37-24(41-16(4)47)27(51)26(50)21(11-45)64-37/h13-15,18-22,24-29,36-37,45-46,50-51,61H,6-12,38H2,1-5H3,(H,39,53)(H,40,54)(H,41,47)(H,42,48)(H,43,49)(H,44,52)(H,55,56)(H,57,58)(H,59,60). The number of nitrogens with one attached hydrogen (secondary N) is 6. The Morgan fingerprint density at radius 3 is 1.75 bits per heavy atom. The van der Waals surface area contributed by atoms with E-state index < -0.39 is 177 Å². The molecule has 65 heavy (non-hydrogen) atoms. The summed E-state index contributed by atoms with van der Waals surface area (Å²) in [5.41, 5.74) is 5.49. The summed E-state index contributed by atoms with van der Waals surface area (Å²) < 4.78 is 23.1. The molecular weight excluding hydrogens is 878 g/mol. The minimum atomic E-state index is -1.90. The van der Waals surface area contributed by atoms with E-state index in [1.165, 1.54) is 6.92 Å². The lowest BCUT2D eigenvalue weighted by atomic mass is 9.94. The van der Waals surface area contributed by atoms with E-state index in [9.17, 15) is 73.8 Å². The Morgan fingerprint density at radius 1 is 0.631 bits per heavy atom. The van der Waals surface area contributed by atoms with Gasteiger partial charge in [0, 0.05) is 20.3 Å². The number of amides is 6. The maximum atomic E-state index is 13.4. The van der Waals surface area contributed by atoms with Crippen molar-refractivity contribution in [3.05, 3.63) is 0 Å². The van der Waals surface area contributed by atoms with Crippen LogP contribution in [0.5, 0.6) is 0 Å². The Labute approximate surface area is 371 Å². The van der Waals surface area contributed by atoms with Crippen molar-refractivity contribution < 1.29 is 103 Å². The first-order valence-corrected chi connectivity index (χ1v) is 20.4. The molecule has 0 spiro atoms. The highest BCUT2D eigenvalue weighted by Crippen LogP contribution is 2.31. The minimum Gasteiger partial charge on any atom is -0.480 e. The Hall–Kier alpha value is -5.17. The van der Waals surface area contributed by atoms with Gasteiger partial charge in [0.05, 0.1) is 13.2 Å². The van der Waals surface area contributed by atoms with Gasteiger partial charge in [0.2, 0.25) is 35.4 Å². The molecule has 0 bridgehead atoms. The number of hydrogen-bond acceptors (Lipinski definition) is 19. The summed E-state index contributed by atoms with van der Waals surface area (Å²) in [6, 6.07) is -10.3. The predicted octanol–water partition coefficient (Wildman–Crippen LogP) is -7.19. The topological polar surface area (TPSA) is 451 Å². The monoisotopic (exact) mass is 939 g/mol. The minimum absolute atomic E-state index is 0.0111. The smallest absolute Gasteiger partial charge is 0.326 e. The van der Waals surface area contributed by atoms with Crippen LogP contribution in [-0.2, 0) is 62.1 Å². The molecular formula is C37H61N7O21. The average molecular weight is 940 g/mol. The molecule has 2 aliphatic rings. The molecule has 2 rings (SSSR count). The average Bonchev–Trinajstić information content (AvgIpc) is 3.22. The van der Waals surface area contributed by atoms with Gasteiger partial charge in [0.15, 0.2) is 12.6 Å². The molecule has 16 N–H and O–H groups in total. The van der Waals surface area contributed by atoms with Gasteiger partial charge in [-0.05, 0) is 46.5 Å². The van der Waals surface area contributed by atoms with Gasteiger partial charge in [-0.15, -0.1) is 0 Å². The number of rotatable bonds is 25. The zero-order chi connectivity index (χ0) is 49.5. The Kier molecular flexibility index (Phi) is 22.5. The third-order valence-electron chi connectivity index (χ3n) is 10.2. The number of hydrogen-bond donors (Lipinski definition) is 15. The van der Waals surface area contributed by atoms with Gasteiger partial charge >= 0.3 is 17.9 Å². The number of carbonyl (C=O) groups is 9. The van der Waals surface area contributed by atoms with Crippen LogP contribution in [-0.4, -0.2) is 205 Å². The van der Waals surface area contributed by atoms with Crippen molar-refractivity contribution in [2.24, 2.45) is 5.73 Å². The number of carboxylic acids is 3. The lowest BCUT2D eigenvalue weighted by Crippen LogP contribution is -2.70. The van der Waals surface area contributed by atoms with E-state index in [0.29, 0.717) is 0 Å². The Balaban J connectivity index is 2.21. The maximum Gasteiger partial charge on any atom is 0.326 e. The van der Waals surface area contributed by atoms with E-state index in [-0.39, 0.29) is 19.3 Å². The van der Waals surface area contributed by atoms with Crippen molar-refractivity contribution >= 4 is 53.4 Å². The van der Waals surface area contributed by atoms with Crippen molar-refractivity contribution in [3.8, 4) is 0 Å². The van der Waals surface area contributed by atoms with E-state index >= 15 is 0 Å². The summed E-state index contributed by atoms with van der Waals surface area (Å²) in [5.74, 6) is -9.67. The molecule has 2 fully saturated rings. The van der Waals surface area contributed by atoms with Crippen LogP contribution < -0.4 is 37.6 Å². The van der Waals surface area contributed by atoms with Gasteiger partial charge in [0.25, 0.3) is 0 Å². The van der Waals surface area contributed by atoms with Crippen molar-refractivity contribution in [3.63, 3.8) is 0 Å². The maximum absolute atomic E-state index is 13.4. The van der Waals surface area contributed by atoms with Crippen LogP contribution >= 0.6 is 0 Å². The number of carbonyl (C=O) groups excluding carboxylic acids is 6. The van der Waals surface area contributed by atoms with Gasteiger partial charge in [-0.2, -0.15) is 0 Å². The van der Waals surface area contributed by atoms with Crippen LogP contribution in [0.2, 0.25) is 0 Å². The second kappa shape index (κ2) is 26.1. The quantitative estimate of drug-likeness (QED) is 0.0404. The largest absolute Gasteiger partial charge is 0.480 e. The fraction of sp³-hybridized carbons (Fsp3) is 0.757. The first-order valence-electron chi connectivity index (χ1n) is 20.4. The third-order valence-corrected chi connectivity index (χ3v) is 10.2. The Morgan fingerprint density at radius 2 is 1.22 bits per heavy atom. The van der Waals surface area contributed by atoms with E-state index in [0.717, 1.165) is 27.7 Å². The van der Waals surface area contributed by atoms with Crippen LogP contribution in [0.3, 0.4) is 0 Å². The number of aliphatic carboxylic acids is 3. The van der Waals surface area contributed by atoms with E-state index in [2.05, 4.69) is 31.9 Å². The summed E-state index contributed by atoms with van der Waals surface area (Å²) in [5, 5.41) is 93.8. The molecule has 16 atom stereocenters. The van der Waals surface area contributed by atoms with Crippen LogP contribution in [0, 0.1) is 0 Å². The van der Waals surface area contributed by atoms with E-state index in [1.807, 2.05) is 0 Å². The Bertz CT molecular complexity index is 1690. The highest BCUT2D eigenvalue weighted by atomic mass is 16.7. The van der Waals surface area contributed by atoms with Crippen LogP contribution in [0.4, 0.5) is 0 Å². The SMILES string of the molecule is CC(=O)NC1C(OC2C(CO)OC(O)C(NC(C)=O)C2OC(C)C(=O)NC(C)C(=O)NC(CCC(=O)NC(CCCC(N)C(=O)O)C(=O)NC(C)C(=O)O)C(=O)O)OC(CO)C(O)C1O. The lowest BCUT2D eigenvalue weighted by Gasteiger charge is -2.48. The van der Waals surface area contributed by atoms with E-state index in [4.69, 9.17) is 34.9 Å². The number of carboxylic acid groups (broad SMARTS) is 3. The molecule has 0 aromatic heterocycles. The van der Waals surface area contributed by atoms with Gasteiger partial charge in [-0.25, -0.2) is 4.79 Å². The molecule has 2 aliphatic heterocycles. The highest BCUT2D eigenvalue weighted by molar-refractivity contribution is 5.92. The van der Waals surface area contributed by atoms with E-state index in [1.54, 1.807) is 0 Å². The molecule has 2 saturated heterocycles. The van der Waals surface area contributed by atoms with Crippen molar-refractivity contribution in [2.45, 2.75) is 164 Å². The number of nitrogens with two attached hydrogens (primary N) is 1. The van der Waals surface area contributed by atoms with Crippen molar-refractivity contribution in [1.29, 1.82) is 0 Å². The molecule has 6 amide bonds. The first-order chi connectivity index (χ1) is 30.3. The highest BCUT2D eigenvalue weighted by Gasteiger charge is 2.53. The molecule has 0 saturated carbocycles. The summed E-state index contributed by atoms with van der Waals surface area (Å²) in [6.45, 7) is 3.91. The number of ether oxygens (including phenoxy) is 4. The second-order valence-corrected chi connectivity index (χ2v) is 15.5. The van der Waals surface area contributed by atoms with Gasteiger partial charge in [-0.1, -0.05) is 0 Å². The molecule has 370 valence electrons. The van der Waals surface area contributed by atoms with Crippen molar-refractivity contribution in [2.75, 3.05) is 13.2 Å². The fourth-order valence-electron chi connectivity index (χ4n) is 6.62. The number of aliphatic hydroxyl groups is 5. The summed E-state index contributed by atoms with van der Waals surface area (Å²) in [4.78, 5) is 111. The zero-order valence-electron chi connectivity index (χ0n) is 36.1. The van der Waals surface area contributed by atoms with Gasteiger partial charge in [-0.3, -0.25) is 38.4 Å². The normalized spacial score (nSPS) is 28.1. The van der Waals surface area contributed by atoms with Crippen molar-refractivity contribution in [1.82, 2.24) is 31.9 Å². The van der Waals surface area contributed by atoms with Crippen LogP contribution in [0.15, 0.2) is 0 Å². The third kappa shape index (κ3) is 17.0. The molecule has 2 heterocycles. The fourth-order valence-corrected chi connectivity index (χ4v) is 6.62. The molecule has 0 aromatic rings.